The van der Waals surface area contributed by atoms with E-state index in [9.17, 15) is 18.0 Å². The summed E-state index contributed by atoms with van der Waals surface area (Å²) in [6.07, 6.45) is -1.12. The second-order valence-corrected chi connectivity index (χ2v) is 7.30. The van der Waals surface area contributed by atoms with Gasteiger partial charge in [0.25, 0.3) is 11.7 Å². The van der Waals surface area contributed by atoms with Crippen molar-refractivity contribution in [3.05, 3.63) is 64.7 Å². The molecule has 0 aliphatic carbocycles. The van der Waals surface area contributed by atoms with Crippen molar-refractivity contribution in [1.29, 1.82) is 0 Å². The van der Waals surface area contributed by atoms with Crippen LogP contribution in [0.25, 0.3) is 5.78 Å². The zero-order valence-electron chi connectivity index (χ0n) is 15.3. The lowest BCUT2D eigenvalue weighted by Crippen LogP contribution is -2.17. The number of carbonyl (C=O) groups excluding carboxylic acids is 1. The zero-order chi connectivity index (χ0) is 21.3. The SMILES string of the molecule is Cc1ccnc2nc(C(=O)Nc3ncc(Cc4ccc(OC(F)(F)F)cc4)s3)nn12. The van der Waals surface area contributed by atoms with Gasteiger partial charge in [-0.3, -0.25) is 10.1 Å². The zero-order valence-corrected chi connectivity index (χ0v) is 16.2. The minimum atomic E-state index is -4.73. The number of benzene rings is 1. The molecule has 0 saturated heterocycles. The van der Waals surface area contributed by atoms with E-state index < -0.39 is 12.3 Å². The van der Waals surface area contributed by atoms with Gasteiger partial charge in [-0.1, -0.05) is 12.1 Å². The maximum absolute atomic E-state index is 12.4. The van der Waals surface area contributed by atoms with Gasteiger partial charge in [0.2, 0.25) is 5.82 Å². The Morgan fingerprint density at radius 3 is 2.67 bits per heavy atom. The molecule has 0 spiro atoms. The molecule has 0 bridgehead atoms. The summed E-state index contributed by atoms with van der Waals surface area (Å²) in [4.78, 5) is 25.5. The molecule has 8 nitrogen and oxygen atoms in total. The van der Waals surface area contributed by atoms with E-state index in [0.717, 1.165) is 16.1 Å². The van der Waals surface area contributed by atoms with Crippen LogP contribution in [0, 0.1) is 6.92 Å². The van der Waals surface area contributed by atoms with E-state index in [0.29, 0.717) is 17.3 Å². The number of fused-ring (bicyclic) bond motifs is 1. The molecule has 1 N–H and O–H groups in total. The fraction of sp³-hybridized carbons (Fsp3) is 0.167. The number of rotatable bonds is 5. The number of hydrogen-bond acceptors (Lipinski definition) is 7. The molecule has 0 fully saturated rings. The fourth-order valence-electron chi connectivity index (χ4n) is 2.61. The van der Waals surface area contributed by atoms with E-state index in [1.807, 2.05) is 6.92 Å². The van der Waals surface area contributed by atoms with Crippen molar-refractivity contribution in [2.45, 2.75) is 19.7 Å². The molecule has 3 heterocycles. The van der Waals surface area contributed by atoms with Gasteiger partial charge in [0.1, 0.15) is 5.75 Å². The van der Waals surface area contributed by atoms with Gasteiger partial charge >= 0.3 is 6.36 Å². The molecule has 0 unspecified atom stereocenters. The molecule has 0 atom stereocenters. The Balaban J connectivity index is 1.41. The highest BCUT2D eigenvalue weighted by Crippen LogP contribution is 2.25. The Labute approximate surface area is 171 Å². The van der Waals surface area contributed by atoms with Gasteiger partial charge in [-0.15, -0.1) is 29.6 Å². The van der Waals surface area contributed by atoms with Crippen molar-refractivity contribution in [2.24, 2.45) is 0 Å². The summed E-state index contributed by atoms with van der Waals surface area (Å²) in [5, 5.41) is 7.13. The van der Waals surface area contributed by atoms with E-state index in [1.54, 1.807) is 18.5 Å². The molecular formula is C18H13F3N6O2S. The summed E-state index contributed by atoms with van der Waals surface area (Å²) < 4.78 is 42.0. The first-order valence-corrected chi connectivity index (χ1v) is 9.37. The number of carbonyl (C=O) groups is 1. The average molecular weight is 434 g/mol. The predicted molar refractivity (Wildman–Crippen MR) is 102 cm³/mol. The van der Waals surface area contributed by atoms with Crippen LogP contribution in [-0.4, -0.2) is 36.8 Å². The van der Waals surface area contributed by atoms with Gasteiger partial charge in [-0.05, 0) is 30.7 Å². The number of aryl methyl sites for hydroxylation is 1. The number of amides is 1. The van der Waals surface area contributed by atoms with Crippen LogP contribution in [0.2, 0.25) is 0 Å². The molecular weight excluding hydrogens is 421 g/mol. The van der Waals surface area contributed by atoms with Crippen molar-refractivity contribution in [1.82, 2.24) is 24.6 Å². The quantitative estimate of drug-likeness (QED) is 0.516. The molecule has 30 heavy (non-hydrogen) atoms. The van der Waals surface area contributed by atoms with Crippen LogP contribution in [0.3, 0.4) is 0 Å². The van der Waals surface area contributed by atoms with Crippen molar-refractivity contribution in [3.63, 3.8) is 0 Å². The Morgan fingerprint density at radius 1 is 1.20 bits per heavy atom. The van der Waals surface area contributed by atoms with Crippen LogP contribution in [0.15, 0.2) is 42.7 Å². The first kappa shape index (κ1) is 19.8. The van der Waals surface area contributed by atoms with Gasteiger partial charge in [-0.2, -0.15) is 4.98 Å². The minimum Gasteiger partial charge on any atom is -0.406 e. The number of thiazole rings is 1. The summed E-state index contributed by atoms with van der Waals surface area (Å²) in [5.41, 5.74) is 1.56. The molecule has 1 amide bonds. The lowest BCUT2D eigenvalue weighted by atomic mass is 10.1. The van der Waals surface area contributed by atoms with Crippen LogP contribution in [0.1, 0.15) is 26.8 Å². The van der Waals surface area contributed by atoms with Gasteiger partial charge in [-0.25, -0.2) is 14.5 Å². The Morgan fingerprint density at radius 2 is 1.97 bits per heavy atom. The van der Waals surface area contributed by atoms with E-state index in [2.05, 4.69) is 30.1 Å². The van der Waals surface area contributed by atoms with Crippen LogP contribution < -0.4 is 10.1 Å². The van der Waals surface area contributed by atoms with Crippen molar-refractivity contribution >= 4 is 28.2 Å². The van der Waals surface area contributed by atoms with Crippen LogP contribution in [-0.2, 0) is 6.42 Å². The number of halogens is 3. The highest BCUT2D eigenvalue weighted by Gasteiger charge is 2.30. The normalized spacial score (nSPS) is 11.6. The van der Waals surface area contributed by atoms with Crippen LogP contribution >= 0.6 is 11.3 Å². The third-order valence-corrected chi connectivity index (χ3v) is 4.86. The Kier molecular flexibility index (Phi) is 5.08. The smallest absolute Gasteiger partial charge is 0.406 e. The first-order chi connectivity index (χ1) is 14.3. The Bertz CT molecular complexity index is 1200. The van der Waals surface area contributed by atoms with Gasteiger partial charge < -0.3 is 4.74 Å². The lowest BCUT2D eigenvalue weighted by molar-refractivity contribution is -0.274. The number of ether oxygens (including phenoxy) is 1. The van der Waals surface area contributed by atoms with Crippen LogP contribution in [0.5, 0.6) is 5.75 Å². The minimum absolute atomic E-state index is 0.0335. The lowest BCUT2D eigenvalue weighted by Gasteiger charge is -2.08. The molecule has 12 heteroatoms. The topological polar surface area (TPSA) is 94.3 Å². The maximum atomic E-state index is 12.4. The van der Waals surface area contributed by atoms with Crippen molar-refractivity contribution < 1.29 is 22.7 Å². The van der Waals surface area contributed by atoms with Gasteiger partial charge in [0.05, 0.1) is 0 Å². The largest absolute Gasteiger partial charge is 0.573 e. The predicted octanol–water partition coefficient (Wildman–Crippen LogP) is 3.63. The summed E-state index contributed by atoms with van der Waals surface area (Å²) in [6.45, 7) is 1.82. The molecule has 1 aromatic carbocycles. The standard InChI is InChI=1S/C18H13F3N6O2S/c1-10-6-7-22-16-24-14(26-27(10)16)15(28)25-17-23-9-13(30-17)8-11-2-4-12(5-3-11)29-18(19,20)21/h2-7,9H,8H2,1H3,(H,23,25,28). The van der Waals surface area contributed by atoms with E-state index >= 15 is 0 Å². The average Bonchev–Trinajstić information content (AvgIpc) is 3.30. The number of hydrogen-bond donors (Lipinski definition) is 1. The molecule has 4 aromatic rings. The monoisotopic (exact) mass is 434 g/mol. The molecule has 3 aromatic heterocycles. The van der Waals surface area contributed by atoms with Crippen molar-refractivity contribution in [3.8, 4) is 5.75 Å². The third-order valence-electron chi connectivity index (χ3n) is 3.94. The van der Waals surface area contributed by atoms with E-state index in [1.165, 1.54) is 40.1 Å². The second-order valence-electron chi connectivity index (χ2n) is 6.19. The van der Waals surface area contributed by atoms with E-state index in [4.69, 9.17) is 0 Å². The molecule has 0 aliphatic rings. The van der Waals surface area contributed by atoms with Crippen LogP contribution in [0.4, 0.5) is 18.3 Å². The van der Waals surface area contributed by atoms with E-state index in [-0.39, 0.29) is 11.6 Å². The van der Waals surface area contributed by atoms with Crippen molar-refractivity contribution in [2.75, 3.05) is 5.32 Å². The summed E-state index contributed by atoms with van der Waals surface area (Å²) in [7, 11) is 0. The number of anilines is 1. The maximum Gasteiger partial charge on any atom is 0.573 e. The number of alkyl halides is 3. The highest BCUT2D eigenvalue weighted by atomic mass is 32.1. The molecule has 0 radical (unpaired) electrons. The summed E-state index contributed by atoms with van der Waals surface area (Å²) in [6, 6.07) is 7.32. The third kappa shape index (κ3) is 4.54. The molecule has 154 valence electrons. The molecule has 0 saturated carbocycles. The second kappa shape index (κ2) is 7.71. The fourth-order valence-corrected chi connectivity index (χ4v) is 3.45. The summed E-state index contributed by atoms with van der Waals surface area (Å²) >= 11 is 1.24. The Hall–Kier alpha value is -3.54. The summed E-state index contributed by atoms with van der Waals surface area (Å²) in [5.74, 6) is -0.519. The number of aromatic nitrogens is 5. The first-order valence-electron chi connectivity index (χ1n) is 8.56. The molecule has 4 rings (SSSR count). The van der Waals surface area contributed by atoms with Gasteiger partial charge in [0.15, 0.2) is 5.13 Å². The number of nitrogens with one attached hydrogen (secondary N) is 1. The van der Waals surface area contributed by atoms with Gasteiger partial charge in [0, 0.05) is 29.4 Å². The number of nitrogens with zero attached hydrogens (tertiary/aromatic N) is 5. The highest BCUT2D eigenvalue weighted by molar-refractivity contribution is 7.15. The molecule has 0 aliphatic heterocycles.